The second kappa shape index (κ2) is 5.98. The standard InChI is InChI=1S/C12H17ClN2O2/c1-7-5-11(13)10(6-14-7)12(17)15-8(2)4-9(3)16/h5-6,8-9,16H,4H2,1-3H3,(H,15,17). The van der Waals surface area contributed by atoms with Gasteiger partial charge in [0.15, 0.2) is 0 Å². The van der Waals surface area contributed by atoms with Gasteiger partial charge in [0.05, 0.1) is 16.7 Å². The lowest BCUT2D eigenvalue weighted by atomic mass is 10.1. The maximum Gasteiger partial charge on any atom is 0.254 e. The normalized spacial score (nSPS) is 14.2. The fraction of sp³-hybridized carbons (Fsp3) is 0.500. The van der Waals surface area contributed by atoms with Crippen molar-refractivity contribution in [1.82, 2.24) is 10.3 Å². The van der Waals surface area contributed by atoms with Crippen LogP contribution in [-0.4, -0.2) is 28.1 Å². The van der Waals surface area contributed by atoms with Crippen LogP contribution < -0.4 is 5.32 Å². The van der Waals surface area contributed by atoms with Crippen LogP contribution in [0.5, 0.6) is 0 Å². The van der Waals surface area contributed by atoms with E-state index in [-0.39, 0.29) is 11.9 Å². The van der Waals surface area contributed by atoms with E-state index in [2.05, 4.69) is 10.3 Å². The molecule has 0 spiro atoms. The van der Waals surface area contributed by atoms with Crippen LogP contribution in [0, 0.1) is 6.92 Å². The van der Waals surface area contributed by atoms with Crippen LogP contribution in [0.1, 0.15) is 36.3 Å². The molecule has 4 nitrogen and oxygen atoms in total. The smallest absolute Gasteiger partial charge is 0.254 e. The van der Waals surface area contributed by atoms with Gasteiger partial charge in [0.1, 0.15) is 0 Å². The number of hydrogen-bond donors (Lipinski definition) is 2. The van der Waals surface area contributed by atoms with Crippen LogP contribution in [0.3, 0.4) is 0 Å². The molecule has 0 bridgehead atoms. The minimum absolute atomic E-state index is 0.111. The predicted molar refractivity (Wildman–Crippen MR) is 67.2 cm³/mol. The Hall–Kier alpha value is -1.13. The second-order valence-corrected chi connectivity index (χ2v) is 4.67. The molecule has 0 saturated carbocycles. The van der Waals surface area contributed by atoms with Gasteiger partial charge in [-0.25, -0.2) is 0 Å². The number of carbonyl (C=O) groups is 1. The van der Waals surface area contributed by atoms with Crippen molar-refractivity contribution >= 4 is 17.5 Å². The van der Waals surface area contributed by atoms with Crippen molar-refractivity contribution in [3.8, 4) is 0 Å². The van der Waals surface area contributed by atoms with Crippen LogP contribution in [0.15, 0.2) is 12.3 Å². The number of hydrogen-bond acceptors (Lipinski definition) is 3. The van der Waals surface area contributed by atoms with Crippen LogP contribution in [0.25, 0.3) is 0 Å². The highest BCUT2D eigenvalue weighted by atomic mass is 35.5. The molecule has 0 saturated heterocycles. The third-order valence-electron chi connectivity index (χ3n) is 2.31. The number of aromatic nitrogens is 1. The van der Waals surface area contributed by atoms with Crippen molar-refractivity contribution in [3.05, 3.63) is 28.5 Å². The first-order valence-electron chi connectivity index (χ1n) is 5.51. The van der Waals surface area contributed by atoms with E-state index >= 15 is 0 Å². The summed E-state index contributed by atoms with van der Waals surface area (Å²) in [7, 11) is 0. The number of carbonyl (C=O) groups excluding carboxylic acids is 1. The van der Waals surface area contributed by atoms with Crippen molar-refractivity contribution in [1.29, 1.82) is 0 Å². The minimum Gasteiger partial charge on any atom is -0.393 e. The predicted octanol–water partition coefficient (Wildman–Crippen LogP) is 1.93. The Morgan fingerprint density at radius 1 is 1.59 bits per heavy atom. The number of aliphatic hydroxyl groups excluding tert-OH is 1. The molecule has 2 atom stereocenters. The van der Waals surface area contributed by atoms with Crippen molar-refractivity contribution in [2.75, 3.05) is 0 Å². The quantitative estimate of drug-likeness (QED) is 0.865. The van der Waals surface area contributed by atoms with Gasteiger partial charge in [-0.1, -0.05) is 11.6 Å². The summed E-state index contributed by atoms with van der Waals surface area (Å²) in [5.41, 5.74) is 1.12. The molecule has 2 N–H and O–H groups in total. The molecule has 2 unspecified atom stereocenters. The molecular weight excluding hydrogens is 240 g/mol. The third kappa shape index (κ3) is 4.32. The Morgan fingerprint density at radius 3 is 2.76 bits per heavy atom. The highest BCUT2D eigenvalue weighted by Gasteiger charge is 2.14. The van der Waals surface area contributed by atoms with Crippen LogP contribution in [-0.2, 0) is 0 Å². The fourth-order valence-corrected chi connectivity index (χ4v) is 1.86. The molecule has 17 heavy (non-hydrogen) atoms. The topological polar surface area (TPSA) is 62.2 Å². The largest absolute Gasteiger partial charge is 0.393 e. The highest BCUT2D eigenvalue weighted by molar-refractivity contribution is 6.33. The lowest BCUT2D eigenvalue weighted by Crippen LogP contribution is -2.34. The summed E-state index contributed by atoms with van der Waals surface area (Å²) in [4.78, 5) is 15.9. The first-order valence-corrected chi connectivity index (χ1v) is 5.89. The number of rotatable bonds is 4. The zero-order valence-corrected chi connectivity index (χ0v) is 11.0. The molecule has 94 valence electrons. The van der Waals surface area contributed by atoms with E-state index in [4.69, 9.17) is 11.6 Å². The van der Waals surface area contributed by atoms with Gasteiger partial charge in [-0.15, -0.1) is 0 Å². The number of nitrogens with zero attached hydrogens (tertiary/aromatic N) is 1. The summed E-state index contributed by atoms with van der Waals surface area (Å²) in [6.45, 7) is 5.33. The lowest BCUT2D eigenvalue weighted by Gasteiger charge is -2.15. The summed E-state index contributed by atoms with van der Waals surface area (Å²) in [6, 6.07) is 1.54. The average molecular weight is 257 g/mol. The zero-order chi connectivity index (χ0) is 13.0. The zero-order valence-electron chi connectivity index (χ0n) is 10.2. The summed E-state index contributed by atoms with van der Waals surface area (Å²) in [5, 5.41) is 12.4. The number of halogens is 1. The summed E-state index contributed by atoms with van der Waals surface area (Å²) >= 11 is 5.96. The molecule has 0 aliphatic rings. The molecule has 0 aromatic carbocycles. The molecule has 1 aromatic heterocycles. The molecule has 1 heterocycles. The van der Waals surface area contributed by atoms with Gasteiger partial charge in [0.25, 0.3) is 5.91 Å². The second-order valence-electron chi connectivity index (χ2n) is 4.26. The number of amides is 1. The molecule has 5 heteroatoms. The number of aryl methyl sites for hydroxylation is 1. The molecule has 0 aliphatic heterocycles. The number of nitrogens with one attached hydrogen (secondary N) is 1. The molecule has 1 aromatic rings. The van der Waals surface area contributed by atoms with Crippen molar-refractivity contribution in [3.63, 3.8) is 0 Å². The fourth-order valence-electron chi connectivity index (χ4n) is 1.57. The maximum atomic E-state index is 11.9. The van der Waals surface area contributed by atoms with Gasteiger partial charge in [-0.3, -0.25) is 9.78 Å². The van der Waals surface area contributed by atoms with Gasteiger partial charge >= 0.3 is 0 Å². The van der Waals surface area contributed by atoms with Crippen LogP contribution in [0.2, 0.25) is 5.02 Å². The number of pyridine rings is 1. The van der Waals surface area contributed by atoms with Crippen molar-refractivity contribution in [2.24, 2.45) is 0 Å². The summed E-state index contributed by atoms with van der Waals surface area (Å²) in [6.07, 6.45) is 1.52. The molecule has 0 aliphatic carbocycles. The highest BCUT2D eigenvalue weighted by Crippen LogP contribution is 2.15. The van der Waals surface area contributed by atoms with Crippen LogP contribution in [0.4, 0.5) is 0 Å². The van der Waals surface area contributed by atoms with Gasteiger partial charge in [-0.05, 0) is 33.3 Å². The first-order chi connectivity index (χ1) is 7.90. The molecule has 0 fully saturated rings. The Bertz CT molecular complexity index is 407. The maximum absolute atomic E-state index is 11.9. The Morgan fingerprint density at radius 2 is 2.24 bits per heavy atom. The van der Waals surface area contributed by atoms with E-state index in [1.54, 1.807) is 13.0 Å². The summed E-state index contributed by atoms with van der Waals surface area (Å²) < 4.78 is 0. The monoisotopic (exact) mass is 256 g/mol. The third-order valence-corrected chi connectivity index (χ3v) is 2.62. The molecule has 1 amide bonds. The van der Waals surface area contributed by atoms with E-state index in [1.165, 1.54) is 6.20 Å². The van der Waals surface area contributed by atoms with Crippen molar-refractivity contribution in [2.45, 2.75) is 39.3 Å². The minimum atomic E-state index is -0.447. The molecular formula is C12H17ClN2O2. The van der Waals surface area contributed by atoms with E-state index in [0.29, 0.717) is 17.0 Å². The van der Waals surface area contributed by atoms with Crippen LogP contribution >= 0.6 is 11.6 Å². The summed E-state index contributed by atoms with van der Waals surface area (Å²) in [5.74, 6) is -0.268. The molecule has 1 rings (SSSR count). The Balaban J connectivity index is 2.70. The SMILES string of the molecule is Cc1cc(Cl)c(C(=O)NC(C)CC(C)O)cn1. The van der Waals surface area contributed by atoms with Gasteiger partial charge < -0.3 is 10.4 Å². The van der Waals surface area contributed by atoms with Gasteiger partial charge in [0, 0.05) is 17.9 Å². The Kier molecular flexibility index (Phi) is 4.90. The Labute approximate surface area is 106 Å². The lowest BCUT2D eigenvalue weighted by molar-refractivity contribution is 0.0923. The van der Waals surface area contributed by atoms with Gasteiger partial charge in [-0.2, -0.15) is 0 Å². The van der Waals surface area contributed by atoms with Crippen molar-refractivity contribution < 1.29 is 9.90 Å². The van der Waals surface area contributed by atoms with Gasteiger partial charge in [0.2, 0.25) is 0 Å². The first kappa shape index (κ1) is 13.9. The van der Waals surface area contributed by atoms with E-state index in [9.17, 15) is 9.90 Å². The van der Waals surface area contributed by atoms with E-state index < -0.39 is 6.10 Å². The molecule has 0 radical (unpaired) electrons. The number of aliphatic hydroxyl groups is 1. The average Bonchev–Trinajstić information content (AvgIpc) is 2.15. The van der Waals surface area contributed by atoms with E-state index in [0.717, 1.165) is 5.69 Å². The van der Waals surface area contributed by atoms with E-state index in [1.807, 2.05) is 13.8 Å².